The van der Waals surface area contributed by atoms with Crippen LogP contribution in [-0.4, -0.2) is 34.5 Å². The molecule has 0 saturated carbocycles. The highest BCUT2D eigenvalue weighted by Crippen LogP contribution is 2.50. The number of hydrogen-bond donors (Lipinski definition) is 0. The van der Waals surface area contributed by atoms with E-state index in [4.69, 9.17) is 0 Å². The van der Waals surface area contributed by atoms with Crippen molar-refractivity contribution in [2.75, 3.05) is 6.54 Å². The second-order valence-electron chi connectivity index (χ2n) is 4.68. The number of nitrogens with zero attached hydrogens (tertiary/aromatic N) is 1. The maximum Gasteiger partial charge on any atom is 0.261 e. The number of carbonyl (C=O) groups excluding carboxylic acids is 3. The van der Waals surface area contributed by atoms with Crippen LogP contribution in [0, 0.1) is 5.92 Å². The second-order valence-corrected chi connectivity index (χ2v) is 5.76. The van der Waals surface area contributed by atoms with E-state index in [9.17, 15) is 14.4 Å². The summed E-state index contributed by atoms with van der Waals surface area (Å²) in [5.74, 6) is -0.494. The average molecular weight is 343 g/mol. The summed E-state index contributed by atoms with van der Waals surface area (Å²) in [6.45, 7) is 2.01. The normalized spacial score (nSPS) is 35.8. The average Bonchev–Trinajstić information content (AvgIpc) is 2.68. The predicted octanol–water partition coefficient (Wildman–Crippen LogP) is 1.00. The molecule has 4 nitrogen and oxygen atoms in total. The lowest BCUT2D eigenvalue weighted by atomic mass is 9.74. The highest BCUT2D eigenvalue weighted by atomic mass is 127. The van der Waals surface area contributed by atoms with E-state index in [1.54, 1.807) is 11.0 Å². The molecule has 0 radical (unpaired) electrons. The Morgan fingerprint density at radius 3 is 2.82 bits per heavy atom. The molecule has 0 aromatic rings. The highest BCUT2D eigenvalue weighted by Gasteiger charge is 2.60. The molecule has 0 aromatic heterocycles. The third kappa shape index (κ3) is 1.15. The first-order valence-corrected chi connectivity index (χ1v) is 6.50. The maximum atomic E-state index is 12.1. The van der Waals surface area contributed by atoms with Gasteiger partial charge in [-0.1, -0.05) is 6.08 Å². The molecule has 1 fully saturated rings. The Bertz CT molecular complexity index is 534. The largest absolute Gasteiger partial charge is 0.317 e. The number of hydrogen-bond acceptors (Lipinski definition) is 3. The van der Waals surface area contributed by atoms with E-state index < -0.39 is 5.54 Å². The molecule has 1 aliphatic carbocycles. The third-order valence-electron chi connectivity index (χ3n) is 3.97. The van der Waals surface area contributed by atoms with Crippen molar-refractivity contribution in [2.24, 2.45) is 5.92 Å². The van der Waals surface area contributed by atoms with Gasteiger partial charge in [0.2, 0.25) is 0 Å². The van der Waals surface area contributed by atoms with Gasteiger partial charge in [-0.25, -0.2) is 0 Å². The van der Waals surface area contributed by atoms with Gasteiger partial charge in [-0.05, 0) is 41.2 Å². The molecule has 0 unspecified atom stereocenters. The number of allylic oxidation sites excluding steroid dienone is 1. The Labute approximate surface area is 112 Å². The topological polar surface area (TPSA) is 54.5 Å². The van der Waals surface area contributed by atoms with Crippen LogP contribution in [0.5, 0.6) is 0 Å². The summed E-state index contributed by atoms with van der Waals surface area (Å²) in [5.41, 5.74) is 0.265. The molecular weight excluding hydrogens is 333 g/mol. The van der Waals surface area contributed by atoms with Crippen LogP contribution in [-0.2, 0) is 14.4 Å². The van der Waals surface area contributed by atoms with Crippen LogP contribution in [0.2, 0.25) is 0 Å². The molecule has 1 saturated heterocycles. The van der Waals surface area contributed by atoms with Crippen molar-refractivity contribution < 1.29 is 14.4 Å². The van der Waals surface area contributed by atoms with Crippen LogP contribution in [0.1, 0.15) is 13.3 Å². The standard InChI is InChI=1S/C12H10INO3/c1-6-10(13)11(17)14-5-9(16)8-4-7(15)2-3-12(6,8)14/h2-3,8H,4-5H2,1H3/t8-,12-/m1/s1. The molecule has 1 amide bonds. The Morgan fingerprint density at radius 2 is 2.12 bits per heavy atom. The lowest BCUT2D eigenvalue weighted by Crippen LogP contribution is -2.47. The first-order chi connectivity index (χ1) is 7.98. The van der Waals surface area contributed by atoms with Gasteiger partial charge in [-0.2, -0.15) is 0 Å². The lowest BCUT2D eigenvalue weighted by molar-refractivity contribution is -0.128. The summed E-state index contributed by atoms with van der Waals surface area (Å²) in [7, 11) is 0. The van der Waals surface area contributed by atoms with E-state index >= 15 is 0 Å². The van der Waals surface area contributed by atoms with Crippen LogP contribution in [0.4, 0.5) is 0 Å². The predicted molar refractivity (Wildman–Crippen MR) is 68.4 cm³/mol. The van der Waals surface area contributed by atoms with Gasteiger partial charge >= 0.3 is 0 Å². The van der Waals surface area contributed by atoms with E-state index in [0.717, 1.165) is 5.57 Å². The second kappa shape index (κ2) is 3.28. The van der Waals surface area contributed by atoms with Crippen LogP contribution in [0.3, 0.4) is 0 Å². The van der Waals surface area contributed by atoms with Crippen molar-refractivity contribution in [3.8, 4) is 0 Å². The zero-order valence-electron chi connectivity index (χ0n) is 9.20. The summed E-state index contributed by atoms with van der Waals surface area (Å²) in [5, 5.41) is 0. The summed E-state index contributed by atoms with van der Waals surface area (Å²) in [6.07, 6.45) is 3.47. The molecule has 3 aliphatic rings. The summed E-state index contributed by atoms with van der Waals surface area (Å²) < 4.78 is 0.680. The number of amides is 1. The third-order valence-corrected chi connectivity index (χ3v) is 5.24. The van der Waals surface area contributed by atoms with Gasteiger partial charge in [0.05, 0.1) is 21.6 Å². The van der Waals surface area contributed by atoms with E-state index in [1.807, 2.05) is 29.5 Å². The quantitative estimate of drug-likeness (QED) is 0.617. The Kier molecular flexibility index (Phi) is 2.14. The van der Waals surface area contributed by atoms with E-state index in [0.29, 0.717) is 3.58 Å². The molecule has 2 aliphatic heterocycles. The Balaban J connectivity index is 2.24. The molecule has 88 valence electrons. The SMILES string of the molecule is CC1=C(I)C(=O)N2CC(=O)[C@H]3CC(=O)C=C[C@@]132. The maximum absolute atomic E-state index is 12.1. The Morgan fingerprint density at radius 1 is 1.41 bits per heavy atom. The first-order valence-electron chi connectivity index (χ1n) is 5.42. The van der Waals surface area contributed by atoms with Gasteiger partial charge in [0.1, 0.15) is 0 Å². The fraction of sp³-hybridized carbons (Fsp3) is 0.417. The molecule has 17 heavy (non-hydrogen) atoms. The molecule has 5 heteroatoms. The number of rotatable bonds is 0. The van der Waals surface area contributed by atoms with Crippen molar-refractivity contribution in [3.05, 3.63) is 21.3 Å². The van der Waals surface area contributed by atoms with Crippen molar-refractivity contribution >= 4 is 40.1 Å². The van der Waals surface area contributed by atoms with Crippen LogP contribution >= 0.6 is 22.6 Å². The molecule has 1 spiro atoms. The zero-order chi connectivity index (χ0) is 12.4. The first kappa shape index (κ1) is 11.1. The molecule has 0 aromatic carbocycles. The van der Waals surface area contributed by atoms with Gasteiger partial charge < -0.3 is 4.90 Å². The molecular formula is C12H10INO3. The van der Waals surface area contributed by atoms with E-state index in [2.05, 4.69) is 0 Å². The Hall–Kier alpha value is -0.980. The van der Waals surface area contributed by atoms with Crippen LogP contribution < -0.4 is 0 Å². The van der Waals surface area contributed by atoms with Gasteiger partial charge in [0.25, 0.3) is 5.91 Å². The number of halogens is 1. The van der Waals surface area contributed by atoms with Gasteiger partial charge in [0.15, 0.2) is 11.6 Å². The summed E-state index contributed by atoms with van der Waals surface area (Å²) in [4.78, 5) is 37.1. The van der Waals surface area contributed by atoms with Crippen molar-refractivity contribution in [1.82, 2.24) is 4.90 Å². The monoisotopic (exact) mass is 343 g/mol. The smallest absolute Gasteiger partial charge is 0.261 e. The molecule has 2 atom stereocenters. The zero-order valence-corrected chi connectivity index (χ0v) is 11.4. The van der Waals surface area contributed by atoms with E-state index in [-0.39, 0.29) is 36.4 Å². The minimum absolute atomic E-state index is 0.000648. The number of ketones is 2. The van der Waals surface area contributed by atoms with Crippen molar-refractivity contribution in [3.63, 3.8) is 0 Å². The number of carbonyl (C=O) groups is 3. The highest BCUT2D eigenvalue weighted by molar-refractivity contribution is 14.1. The fourth-order valence-electron chi connectivity index (χ4n) is 3.08. The van der Waals surface area contributed by atoms with Crippen molar-refractivity contribution in [2.45, 2.75) is 18.9 Å². The summed E-state index contributed by atoms with van der Waals surface area (Å²) >= 11 is 2.03. The van der Waals surface area contributed by atoms with Crippen LogP contribution in [0.15, 0.2) is 21.3 Å². The molecule has 0 N–H and O–H groups in total. The van der Waals surface area contributed by atoms with Gasteiger partial charge in [0, 0.05) is 6.42 Å². The number of Topliss-reactive ketones (excluding diaryl/α,β-unsaturated/α-hetero) is 1. The molecule has 2 heterocycles. The van der Waals surface area contributed by atoms with E-state index in [1.165, 1.54) is 6.08 Å². The minimum Gasteiger partial charge on any atom is -0.317 e. The fourth-order valence-corrected chi connectivity index (χ4v) is 3.80. The lowest BCUT2D eigenvalue weighted by Gasteiger charge is -2.36. The van der Waals surface area contributed by atoms with Crippen molar-refractivity contribution in [1.29, 1.82) is 0 Å². The summed E-state index contributed by atoms with van der Waals surface area (Å²) in [6, 6.07) is 0. The van der Waals surface area contributed by atoms with Crippen LogP contribution in [0.25, 0.3) is 0 Å². The minimum atomic E-state index is -0.640. The molecule has 3 rings (SSSR count). The van der Waals surface area contributed by atoms with Gasteiger partial charge in [-0.3, -0.25) is 14.4 Å². The van der Waals surface area contributed by atoms with Gasteiger partial charge in [-0.15, -0.1) is 0 Å². The molecule has 0 bridgehead atoms.